The summed E-state index contributed by atoms with van der Waals surface area (Å²) in [5, 5.41) is 16.8. The zero-order valence-corrected chi connectivity index (χ0v) is 20.3. The molecule has 0 saturated carbocycles. The number of benzene rings is 3. The van der Waals surface area contributed by atoms with E-state index in [1.807, 2.05) is 74.5 Å². The highest BCUT2D eigenvalue weighted by atomic mass is 16.4. The smallest absolute Gasteiger partial charge is 0.268 e. The lowest BCUT2D eigenvalue weighted by atomic mass is 10.1. The number of aryl methyl sites for hydroxylation is 2. The SMILES string of the molecule is Cc1ccc2nc(-c3nnc(-c4cccc(-c5nnc(-c6cnc7cc(C)ccc7n6)o5)c4)o3)cnc2c1. The van der Waals surface area contributed by atoms with Crippen LogP contribution in [0.1, 0.15) is 11.1 Å². The topological polar surface area (TPSA) is 129 Å². The highest BCUT2D eigenvalue weighted by Gasteiger charge is 2.16. The molecular formula is C28H18N8O2. The summed E-state index contributed by atoms with van der Waals surface area (Å²) >= 11 is 0. The minimum Gasteiger partial charge on any atom is -0.415 e. The van der Waals surface area contributed by atoms with Crippen molar-refractivity contribution in [1.29, 1.82) is 0 Å². The molecule has 0 amide bonds. The average Bonchev–Trinajstić information content (AvgIpc) is 3.64. The Morgan fingerprint density at radius 1 is 0.500 bits per heavy atom. The maximum Gasteiger partial charge on any atom is 0.268 e. The normalized spacial score (nSPS) is 11.4. The maximum absolute atomic E-state index is 5.93. The van der Waals surface area contributed by atoms with Crippen LogP contribution in [0.2, 0.25) is 0 Å². The van der Waals surface area contributed by atoms with Gasteiger partial charge in [0.15, 0.2) is 0 Å². The van der Waals surface area contributed by atoms with E-state index < -0.39 is 0 Å². The molecule has 0 aliphatic heterocycles. The number of hydrogen-bond acceptors (Lipinski definition) is 10. The zero-order chi connectivity index (χ0) is 25.6. The molecular weight excluding hydrogens is 480 g/mol. The third kappa shape index (κ3) is 3.94. The Hall–Kier alpha value is -5.38. The molecule has 4 heterocycles. The van der Waals surface area contributed by atoms with Gasteiger partial charge in [0.05, 0.1) is 34.5 Å². The van der Waals surface area contributed by atoms with Gasteiger partial charge in [0.2, 0.25) is 11.8 Å². The number of hydrogen-bond donors (Lipinski definition) is 0. The van der Waals surface area contributed by atoms with Gasteiger partial charge in [0, 0.05) is 11.1 Å². The number of fused-ring (bicyclic) bond motifs is 2. The summed E-state index contributed by atoms with van der Waals surface area (Å²) in [6.45, 7) is 4.03. The quantitative estimate of drug-likeness (QED) is 0.301. The van der Waals surface area contributed by atoms with Gasteiger partial charge in [-0.05, 0) is 67.4 Å². The van der Waals surface area contributed by atoms with Crippen molar-refractivity contribution in [3.05, 3.63) is 84.2 Å². The lowest BCUT2D eigenvalue weighted by molar-refractivity contribution is 0.580. The minimum atomic E-state index is 0.283. The largest absolute Gasteiger partial charge is 0.415 e. The Morgan fingerprint density at radius 2 is 0.974 bits per heavy atom. The predicted octanol–water partition coefficient (Wildman–Crippen LogP) is 5.62. The molecule has 0 fully saturated rings. The lowest BCUT2D eigenvalue weighted by Gasteiger charge is -2.00. The van der Waals surface area contributed by atoms with Gasteiger partial charge >= 0.3 is 0 Å². The molecule has 3 aromatic carbocycles. The van der Waals surface area contributed by atoms with Crippen molar-refractivity contribution in [1.82, 2.24) is 40.3 Å². The summed E-state index contributed by atoms with van der Waals surface area (Å²) in [5.74, 6) is 1.24. The summed E-state index contributed by atoms with van der Waals surface area (Å²) < 4.78 is 11.9. The fourth-order valence-corrected chi connectivity index (χ4v) is 4.12. The van der Waals surface area contributed by atoms with E-state index >= 15 is 0 Å². The molecule has 0 radical (unpaired) electrons. The van der Waals surface area contributed by atoms with Gasteiger partial charge in [-0.1, -0.05) is 18.2 Å². The first-order valence-corrected chi connectivity index (χ1v) is 11.8. The molecule has 7 rings (SSSR count). The maximum atomic E-state index is 5.93. The molecule has 0 saturated heterocycles. The molecule has 10 nitrogen and oxygen atoms in total. The van der Waals surface area contributed by atoms with E-state index in [1.165, 1.54) is 0 Å². The Labute approximate surface area is 215 Å². The van der Waals surface area contributed by atoms with Crippen molar-refractivity contribution in [2.45, 2.75) is 13.8 Å². The molecule has 0 spiro atoms. The Morgan fingerprint density at radius 3 is 1.47 bits per heavy atom. The van der Waals surface area contributed by atoms with Crippen LogP contribution in [-0.4, -0.2) is 40.3 Å². The van der Waals surface area contributed by atoms with E-state index in [1.54, 1.807) is 12.4 Å². The molecule has 0 aliphatic carbocycles. The number of rotatable bonds is 4. The van der Waals surface area contributed by atoms with Crippen LogP contribution in [0.15, 0.2) is 81.9 Å². The third-order valence-corrected chi connectivity index (χ3v) is 6.04. The van der Waals surface area contributed by atoms with E-state index in [-0.39, 0.29) is 11.8 Å². The molecule has 7 aromatic rings. The zero-order valence-electron chi connectivity index (χ0n) is 20.3. The average molecular weight is 499 g/mol. The van der Waals surface area contributed by atoms with Crippen LogP contribution >= 0.6 is 0 Å². The van der Waals surface area contributed by atoms with Gasteiger partial charge in [-0.2, -0.15) is 0 Å². The van der Waals surface area contributed by atoms with E-state index in [9.17, 15) is 0 Å². The molecule has 182 valence electrons. The first-order chi connectivity index (χ1) is 18.6. The molecule has 10 heteroatoms. The van der Waals surface area contributed by atoms with Crippen molar-refractivity contribution in [3.8, 4) is 46.1 Å². The first kappa shape index (κ1) is 21.9. The van der Waals surface area contributed by atoms with E-state index in [4.69, 9.17) is 8.83 Å². The first-order valence-electron chi connectivity index (χ1n) is 11.8. The highest BCUT2D eigenvalue weighted by molar-refractivity contribution is 5.77. The molecule has 4 aromatic heterocycles. The molecule has 0 bridgehead atoms. The molecule has 0 aliphatic rings. The highest BCUT2D eigenvalue weighted by Crippen LogP contribution is 2.29. The Kier molecular flexibility index (Phi) is 4.96. The third-order valence-electron chi connectivity index (χ3n) is 6.04. The predicted molar refractivity (Wildman–Crippen MR) is 140 cm³/mol. The van der Waals surface area contributed by atoms with Crippen molar-refractivity contribution in [2.75, 3.05) is 0 Å². The van der Waals surface area contributed by atoms with Gasteiger partial charge < -0.3 is 8.83 Å². The minimum absolute atomic E-state index is 0.283. The van der Waals surface area contributed by atoms with Crippen LogP contribution in [0.3, 0.4) is 0 Å². The van der Waals surface area contributed by atoms with E-state index in [2.05, 4.69) is 40.3 Å². The summed E-state index contributed by atoms with van der Waals surface area (Å²) in [7, 11) is 0. The van der Waals surface area contributed by atoms with E-state index in [0.717, 1.165) is 33.2 Å². The van der Waals surface area contributed by atoms with Crippen LogP contribution in [0.4, 0.5) is 0 Å². The Bertz CT molecular complexity index is 1840. The van der Waals surface area contributed by atoms with Crippen molar-refractivity contribution >= 4 is 22.1 Å². The van der Waals surface area contributed by atoms with Gasteiger partial charge in [-0.15, -0.1) is 20.4 Å². The fourth-order valence-electron chi connectivity index (χ4n) is 4.12. The summed E-state index contributed by atoms with van der Waals surface area (Å²) in [5.41, 5.74) is 7.78. The van der Waals surface area contributed by atoms with Gasteiger partial charge in [-0.3, -0.25) is 9.97 Å². The monoisotopic (exact) mass is 498 g/mol. The van der Waals surface area contributed by atoms with Gasteiger partial charge in [0.1, 0.15) is 11.4 Å². The van der Waals surface area contributed by atoms with E-state index in [0.29, 0.717) is 34.3 Å². The summed E-state index contributed by atoms with van der Waals surface area (Å²) in [4.78, 5) is 18.2. The second-order valence-corrected chi connectivity index (χ2v) is 8.90. The standard InChI is InChI=1S/C28H18N8O2/c1-15-6-8-19-21(10-15)29-13-23(31-19)27-35-33-25(37-27)17-4-3-5-18(12-17)26-34-36-28(38-26)24-14-30-22-11-16(2)7-9-20(22)32-24/h3-14H,1-2H3. The van der Waals surface area contributed by atoms with Gasteiger partial charge in [0.25, 0.3) is 11.8 Å². The number of aromatic nitrogens is 8. The second-order valence-electron chi connectivity index (χ2n) is 8.90. The second kappa shape index (κ2) is 8.63. The van der Waals surface area contributed by atoms with Crippen LogP contribution in [0.25, 0.3) is 68.1 Å². The van der Waals surface area contributed by atoms with Crippen molar-refractivity contribution in [2.24, 2.45) is 0 Å². The van der Waals surface area contributed by atoms with Crippen LogP contribution in [0, 0.1) is 13.8 Å². The molecule has 0 atom stereocenters. The van der Waals surface area contributed by atoms with Crippen LogP contribution in [-0.2, 0) is 0 Å². The molecule has 0 N–H and O–H groups in total. The molecule has 38 heavy (non-hydrogen) atoms. The molecule has 0 unspecified atom stereocenters. The van der Waals surface area contributed by atoms with Gasteiger partial charge in [-0.25, -0.2) is 9.97 Å². The Balaban J connectivity index is 1.18. The number of nitrogens with zero attached hydrogens (tertiary/aromatic N) is 8. The summed E-state index contributed by atoms with van der Waals surface area (Å²) in [6.07, 6.45) is 3.26. The lowest BCUT2D eigenvalue weighted by Crippen LogP contribution is -1.89. The fraction of sp³-hybridized carbons (Fsp3) is 0.0714. The van der Waals surface area contributed by atoms with Crippen LogP contribution < -0.4 is 0 Å². The summed E-state index contributed by atoms with van der Waals surface area (Å²) in [6, 6.07) is 19.2. The van der Waals surface area contributed by atoms with Crippen molar-refractivity contribution < 1.29 is 8.83 Å². The van der Waals surface area contributed by atoms with Crippen molar-refractivity contribution in [3.63, 3.8) is 0 Å². The van der Waals surface area contributed by atoms with Crippen LogP contribution in [0.5, 0.6) is 0 Å².